The van der Waals surface area contributed by atoms with Gasteiger partial charge < -0.3 is 9.42 Å². The molecule has 0 bridgehead atoms. The van der Waals surface area contributed by atoms with E-state index >= 15 is 0 Å². The van der Waals surface area contributed by atoms with Crippen LogP contribution in [0.15, 0.2) is 82.2 Å². The van der Waals surface area contributed by atoms with Gasteiger partial charge >= 0.3 is 5.69 Å². The molecule has 9 nitrogen and oxygen atoms in total. The van der Waals surface area contributed by atoms with Gasteiger partial charge in [-0.3, -0.25) is 4.79 Å². The molecular weight excluding hydrogens is 451 g/mol. The van der Waals surface area contributed by atoms with Gasteiger partial charge in [-0.15, -0.1) is 5.10 Å². The van der Waals surface area contributed by atoms with E-state index in [-0.39, 0.29) is 29.8 Å². The van der Waals surface area contributed by atoms with Crippen molar-refractivity contribution in [2.45, 2.75) is 20.0 Å². The largest absolute Gasteiger partial charge is 0.350 e. The Bertz CT molecular complexity index is 1560. The van der Waals surface area contributed by atoms with Crippen LogP contribution in [0.3, 0.4) is 0 Å². The van der Waals surface area contributed by atoms with Gasteiger partial charge in [-0.05, 0) is 36.8 Å². The molecule has 1 amide bonds. The van der Waals surface area contributed by atoms with Crippen molar-refractivity contribution < 1.29 is 13.7 Å². The molecule has 176 valence electrons. The molecule has 10 heteroatoms. The molecule has 3 heterocycles. The number of amides is 1. The monoisotopic (exact) mass is 472 g/mol. The van der Waals surface area contributed by atoms with E-state index in [0.717, 1.165) is 10.2 Å². The normalized spacial score (nSPS) is 11.1. The molecule has 2 aromatic carbocycles. The molecule has 0 radical (unpaired) electrons. The standard InChI is InChI=1S/C25H21FN6O3/c1-2-30(15-17-8-4-3-5-9-17)21(33)16-32-25(34)31-13-7-12-20(23(31)28-32)24-27-22(29-35-24)18-10-6-11-19(26)14-18/h3-14H,2,15-16H2,1H3. The van der Waals surface area contributed by atoms with Gasteiger partial charge in [-0.1, -0.05) is 47.6 Å². The predicted molar refractivity (Wildman–Crippen MR) is 126 cm³/mol. The highest BCUT2D eigenvalue weighted by atomic mass is 19.1. The number of rotatable bonds is 7. The van der Waals surface area contributed by atoms with Gasteiger partial charge in [-0.25, -0.2) is 18.3 Å². The van der Waals surface area contributed by atoms with Crippen LogP contribution in [0.2, 0.25) is 0 Å². The van der Waals surface area contributed by atoms with Crippen LogP contribution in [0.25, 0.3) is 28.5 Å². The van der Waals surface area contributed by atoms with E-state index in [1.54, 1.807) is 35.4 Å². The van der Waals surface area contributed by atoms with Crippen molar-refractivity contribution in [2.24, 2.45) is 0 Å². The van der Waals surface area contributed by atoms with Gasteiger partial charge in [-0.2, -0.15) is 4.98 Å². The zero-order chi connectivity index (χ0) is 24.4. The van der Waals surface area contributed by atoms with Crippen LogP contribution in [0.5, 0.6) is 0 Å². The lowest BCUT2D eigenvalue weighted by atomic mass is 10.2. The number of pyridine rings is 1. The third-order valence-electron chi connectivity index (χ3n) is 5.58. The summed E-state index contributed by atoms with van der Waals surface area (Å²) in [7, 11) is 0. The molecular formula is C25H21FN6O3. The Morgan fingerprint density at radius 1 is 1.09 bits per heavy atom. The lowest BCUT2D eigenvalue weighted by Crippen LogP contribution is -2.36. The maximum atomic E-state index is 13.6. The molecule has 35 heavy (non-hydrogen) atoms. The van der Waals surface area contributed by atoms with E-state index < -0.39 is 11.5 Å². The lowest BCUT2D eigenvalue weighted by Gasteiger charge is -2.20. The van der Waals surface area contributed by atoms with Crippen molar-refractivity contribution in [3.05, 3.63) is 94.8 Å². The Morgan fingerprint density at radius 3 is 2.69 bits per heavy atom. The topological polar surface area (TPSA) is 98.5 Å². The predicted octanol–water partition coefficient (Wildman–Crippen LogP) is 3.40. The van der Waals surface area contributed by atoms with E-state index in [1.807, 2.05) is 37.3 Å². The summed E-state index contributed by atoms with van der Waals surface area (Å²) < 4.78 is 21.4. The Labute approximate surface area is 199 Å². The van der Waals surface area contributed by atoms with Crippen LogP contribution in [0.4, 0.5) is 4.39 Å². The Balaban J connectivity index is 1.44. The minimum absolute atomic E-state index is 0.123. The Kier molecular flexibility index (Phi) is 5.92. The van der Waals surface area contributed by atoms with Crippen molar-refractivity contribution in [1.29, 1.82) is 0 Å². The minimum Gasteiger partial charge on any atom is -0.337 e. The van der Waals surface area contributed by atoms with Crippen LogP contribution in [-0.4, -0.2) is 41.7 Å². The number of halogens is 1. The SMILES string of the molecule is CCN(Cc1ccccc1)C(=O)Cn1nc2c(-c3nc(-c4cccc(F)c4)no3)cccn2c1=O. The van der Waals surface area contributed by atoms with E-state index in [2.05, 4.69) is 15.2 Å². The quantitative estimate of drug-likeness (QED) is 0.360. The molecule has 0 aliphatic heterocycles. The molecule has 0 spiro atoms. The highest BCUT2D eigenvalue weighted by molar-refractivity contribution is 5.76. The van der Waals surface area contributed by atoms with Crippen LogP contribution in [-0.2, 0) is 17.9 Å². The summed E-state index contributed by atoms with van der Waals surface area (Å²) >= 11 is 0. The molecule has 0 saturated carbocycles. The van der Waals surface area contributed by atoms with Crippen LogP contribution < -0.4 is 5.69 Å². The first-order valence-corrected chi connectivity index (χ1v) is 11.0. The summed E-state index contributed by atoms with van der Waals surface area (Å²) in [5.41, 5.74) is 1.68. The molecule has 0 saturated heterocycles. The molecule has 0 aliphatic rings. The van der Waals surface area contributed by atoms with E-state index in [0.29, 0.717) is 24.2 Å². The minimum atomic E-state index is -0.462. The molecule has 0 aliphatic carbocycles. The van der Waals surface area contributed by atoms with Gasteiger partial charge in [0.1, 0.15) is 12.4 Å². The number of carbonyl (C=O) groups excluding carboxylic acids is 1. The molecule has 5 aromatic rings. The number of hydrogen-bond acceptors (Lipinski definition) is 6. The maximum absolute atomic E-state index is 13.6. The fourth-order valence-corrected chi connectivity index (χ4v) is 3.79. The van der Waals surface area contributed by atoms with E-state index in [4.69, 9.17) is 4.52 Å². The van der Waals surface area contributed by atoms with Crippen molar-refractivity contribution in [1.82, 2.24) is 29.2 Å². The second-order valence-electron chi connectivity index (χ2n) is 7.88. The van der Waals surface area contributed by atoms with Gasteiger partial charge in [0.05, 0.1) is 5.56 Å². The van der Waals surface area contributed by atoms with Gasteiger partial charge in [0.25, 0.3) is 5.89 Å². The van der Waals surface area contributed by atoms with Crippen molar-refractivity contribution >= 4 is 11.6 Å². The third-order valence-corrected chi connectivity index (χ3v) is 5.58. The fourth-order valence-electron chi connectivity index (χ4n) is 3.79. The summed E-state index contributed by atoms with van der Waals surface area (Å²) in [4.78, 5) is 31.9. The van der Waals surface area contributed by atoms with Gasteiger partial charge in [0.2, 0.25) is 11.7 Å². The third kappa shape index (κ3) is 4.45. The summed E-state index contributed by atoms with van der Waals surface area (Å²) in [6.07, 6.45) is 1.56. The number of hydrogen-bond donors (Lipinski definition) is 0. The summed E-state index contributed by atoms with van der Waals surface area (Å²) in [6, 6.07) is 18.8. The van der Waals surface area contributed by atoms with Crippen LogP contribution in [0, 0.1) is 5.82 Å². The smallest absolute Gasteiger partial charge is 0.337 e. The van der Waals surface area contributed by atoms with Gasteiger partial charge in [0.15, 0.2) is 5.65 Å². The molecule has 0 atom stereocenters. The second-order valence-corrected chi connectivity index (χ2v) is 7.88. The summed E-state index contributed by atoms with van der Waals surface area (Å²) in [5, 5.41) is 8.31. The summed E-state index contributed by atoms with van der Waals surface area (Å²) in [6.45, 7) is 2.61. The highest BCUT2D eigenvalue weighted by Crippen LogP contribution is 2.24. The molecule has 5 rings (SSSR count). The number of aromatic nitrogens is 5. The zero-order valence-electron chi connectivity index (χ0n) is 18.8. The molecule has 0 N–H and O–H groups in total. The number of carbonyl (C=O) groups is 1. The van der Waals surface area contributed by atoms with E-state index in [1.165, 1.54) is 16.5 Å². The Morgan fingerprint density at radius 2 is 1.91 bits per heavy atom. The molecule has 3 aromatic heterocycles. The van der Waals surface area contributed by atoms with Crippen molar-refractivity contribution in [3.63, 3.8) is 0 Å². The molecule has 0 unspecified atom stereocenters. The second kappa shape index (κ2) is 9.34. The maximum Gasteiger partial charge on any atom is 0.350 e. The average Bonchev–Trinajstić information content (AvgIpc) is 3.48. The van der Waals surface area contributed by atoms with Crippen molar-refractivity contribution in [2.75, 3.05) is 6.54 Å². The fraction of sp³-hybridized carbons (Fsp3) is 0.160. The van der Waals surface area contributed by atoms with E-state index in [9.17, 15) is 14.0 Å². The van der Waals surface area contributed by atoms with Gasteiger partial charge in [0, 0.05) is 24.8 Å². The first-order valence-electron chi connectivity index (χ1n) is 11.0. The molecule has 0 fully saturated rings. The number of nitrogens with zero attached hydrogens (tertiary/aromatic N) is 6. The van der Waals surface area contributed by atoms with Crippen molar-refractivity contribution in [3.8, 4) is 22.8 Å². The first-order chi connectivity index (χ1) is 17.0. The average molecular weight is 472 g/mol. The number of fused-ring (bicyclic) bond motifs is 1. The van der Waals surface area contributed by atoms with Crippen LogP contribution in [0.1, 0.15) is 12.5 Å². The Hall–Kier alpha value is -4.60. The number of likely N-dealkylation sites (N-methyl/N-ethyl adjacent to an activating group) is 1. The first kappa shape index (κ1) is 22.2. The lowest BCUT2D eigenvalue weighted by molar-refractivity contribution is -0.132. The number of benzene rings is 2. The summed E-state index contributed by atoms with van der Waals surface area (Å²) in [5.74, 6) is -0.315. The highest BCUT2D eigenvalue weighted by Gasteiger charge is 2.20. The zero-order valence-corrected chi connectivity index (χ0v) is 18.8. The van der Waals surface area contributed by atoms with Crippen LogP contribution >= 0.6 is 0 Å².